The Bertz CT molecular complexity index is 276. The lowest BCUT2D eigenvalue weighted by Gasteiger charge is -2.26. The second-order valence-corrected chi connectivity index (χ2v) is 4.00. The third kappa shape index (κ3) is 2.76. The molecule has 1 atom stereocenters. The van der Waals surface area contributed by atoms with E-state index in [4.69, 9.17) is 4.52 Å². The first kappa shape index (κ1) is 10.6. The standard InChI is InChI=1S/C10H17N3O2/c14-7-9-4-2-1-3-5-13(9)6-10-11-8-15-12-10/h8-9,14H,1-7H2. The number of aromatic nitrogens is 2. The number of rotatable bonds is 3. The number of aliphatic hydroxyl groups is 1. The van der Waals surface area contributed by atoms with Crippen molar-refractivity contribution in [2.75, 3.05) is 13.2 Å². The van der Waals surface area contributed by atoms with Gasteiger partial charge in [0.2, 0.25) is 6.39 Å². The highest BCUT2D eigenvalue weighted by atomic mass is 16.5. The summed E-state index contributed by atoms with van der Waals surface area (Å²) in [4.78, 5) is 6.26. The van der Waals surface area contributed by atoms with Crippen molar-refractivity contribution in [3.8, 4) is 0 Å². The summed E-state index contributed by atoms with van der Waals surface area (Å²) < 4.78 is 4.71. The highest BCUT2D eigenvalue weighted by molar-refractivity contribution is 4.83. The van der Waals surface area contributed by atoms with Crippen molar-refractivity contribution in [1.29, 1.82) is 0 Å². The Morgan fingerprint density at radius 2 is 2.40 bits per heavy atom. The molecule has 0 radical (unpaired) electrons. The molecule has 84 valence electrons. The SMILES string of the molecule is OCC1CCCCCN1Cc1ncon1. The molecule has 1 saturated heterocycles. The zero-order valence-corrected chi connectivity index (χ0v) is 8.80. The van der Waals surface area contributed by atoms with E-state index in [0.29, 0.717) is 12.4 Å². The van der Waals surface area contributed by atoms with E-state index in [9.17, 15) is 5.11 Å². The quantitative estimate of drug-likeness (QED) is 0.801. The minimum Gasteiger partial charge on any atom is -0.395 e. The van der Waals surface area contributed by atoms with Crippen LogP contribution in [0.25, 0.3) is 0 Å². The van der Waals surface area contributed by atoms with Crippen LogP contribution in [0.1, 0.15) is 31.5 Å². The van der Waals surface area contributed by atoms with E-state index in [1.165, 1.54) is 25.7 Å². The van der Waals surface area contributed by atoms with E-state index in [-0.39, 0.29) is 12.6 Å². The van der Waals surface area contributed by atoms with Gasteiger partial charge in [0.1, 0.15) is 0 Å². The van der Waals surface area contributed by atoms with Crippen LogP contribution in [0.3, 0.4) is 0 Å². The first-order chi connectivity index (χ1) is 7.40. The molecule has 1 unspecified atom stereocenters. The largest absolute Gasteiger partial charge is 0.395 e. The average molecular weight is 211 g/mol. The molecule has 5 nitrogen and oxygen atoms in total. The van der Waals surface area contributed by atoms with Gasteiger partial charge in [0.25, 0.3) is 0 Å². The molecule has 1 N–H and O–H groups in total. The van der Waals surface area contributed by atoms with E-state index in [2.05, 4.69) is 15.0 Å². The summed E-state index contributed by atoms with van der Waals surface area (Å²) >= 11 is 0. The molecule has 1 aliphatic rings. The van der Waals surface area contributed by atoms with Crippen molar-refractivity contribution >= 4 is 0 Å². The van der Waals surface area contributed by atoms with E-state index >= 15 is 0 Å². The van der Waals surface area contributed by atoms with Crippen LogP contribution < -0.4 is 0 Å². The van der Waals surface area contributed by atoms with Crippen LogP contribution in [0, 0.1) is 0 Å². The Labute approximate surface area is 89.1 Å². The average Bonchev–Trinajstić information content (AvgIpc) is 2.64. The molecule has 0 bridgehead atoms. The number of likely N-dealkylation sites (tertiary alicyclic amines) is 1. The van der Waals surface area contributed by atoms with E-state index in [1.807, 2.05) is 0 Å². The van der Waals surface area contributed by atoms with Crippen LogP contribution in [0.2, 0.25) is 0 Å². The van der Waals surface area contributed by atoms with Gasteiger partial charge in [-0.3, -0.25) is 4.90 Å². The summed E-state index contributed by atoms with van der Waals surface area (Å²) in [6, 6.07) is 0.256. The lowest BCUT2D eigenvalue weighted by Crippen LogP contribution is -2.37. The Morgan fingerprint density at radius 1 is 1.47 bits per heavy atom. The van der Waals surface area contributed by atoms with E-state index < -0.39 is 0 Å². The highest BCUT2D eigenvalue weighted by Gasteiger charge is 2.21. The van der Waals surface area contributed by atoms with Crippen LogP contribution in [0.5, 0.6) is 0 Å². The fourth-order valence-electron chi connectivity index (χ4n) is 2.10. The van der Waals surface area contributed by atoms with Crippen molar-refractivity contribution < 1.29 is 9.63 Å². The van der Waals surface area contributed by atoms with Gasteiger partial charge in [0, 0.05) is 6.04 Å². The number of hydrogen-bond acceptors (Lipinski definition) is 5. The molecule has 1 aromatic rings. The van der Waals surface area contributed by atoms with E-state index in [1.54, 1.807) is 0 Å². The van der Waals surface area contributed by atoms with Gasteiger partial charge >= 0.3 is 0 Å². The van der Waals surface area contributed by atoms with Crippen molar-refractivity contribution in [2.24, 2.45) is 0 Å². The van der Waals surface area contributed by atoms with Gasteiger partial charge in [0.15, 0.2) is 5.82 Å². The van der Waals surface area contributed by atoms with Crippen LogP contribution in [-0.4, -0.2) is 39.3 Å². The zero-order valence-electron chi connectivity index (χ0n) is 8.80. The van der Waals surface area contributed by atoms with Gasteiger partial charge in [-0.25, -0.2) is 0 Å². The summed E-state index contributed by atoms with van der Waals surface area (Å²) in [5.41, 5.74) is 0. The van der Waals surface area contributed by atoms with Crippen molar-refractivity contribution in [2.45, 2.75) is 38.3 Å². The van der Waals surface area contributed by atoms with Gasteiger partial charge < -0.3 is 9.63 Å². The molecular formula is C10H17N3O2. The molecule has 1 aliphatic heterocycles. The molecule has 0 saturated carbocycles. The Hall–Kier alpha value is -0.940. The van der Waals surface area contributed by atoms with Gasteiger partial charge in [-0.1, -0.05) is 18.0 Å². The molecule has 15 heavy (non-hydrogen) atoms. The molecule has 2 heterocycles. The molecule has 5 heteroatoms. The first-order valence-electron chi connectivity index (χ1n) is 5.50. The Balaban J connectivity index is 1.97. The predicted molar refractivity (Wildman–Crippen MR) is 54.0 cm³/mol. The fourth-order valence-corrected chi connectivity index (χ4v) is 2.10. The summed E-state index contributed by atoms with van der Waals surface area (Å²) in [6.07, 6.45) is 6.05. The molecule has 0 spiro atoms. The number of aliphatic hydroxyl groups excluding tert-OH is 1. The lowest BCUT2D eigenvalue weighted by molar-refractivity contribution is 0.115. The topological polar surface area (TPSA) is 62.4 Å². The van der Waals surface area contributed by atoms with Crippen LogP contribution in [0.4, 0.5) is 0 Å². The smallest absolute Gasteiger partial charge is 0.213 e. The minimum atomic E-state index is 0.220. The third-order valence-electron chi connectivity index (χ3n) is 2.96. The minimum absolute atomic E-state index is 0.220. The van der Waals surface area contributed by atoms with Crippen LogP contribution >= 0.6 is 0 Å². The Kier molecular flexibility index (Phi) is 3.69. The summed E-state index contributed by atoms with van der Waals surface area (Å²) in [6.45, 7) is 1.92. The van der Waals surface area contributed by atoms with Crippen molar-refractivity contribution in [1.82, 2.24) is 15.0 Å². The summed E-state index contributed by atoms with van der Waals surface area (Å²) in [5, 5.41) is 13.1. The molecule has 1 fully saturated rings. The summed E-state index contributed by atoms with van der Waals surface area (Å²) in [7, 11) is 0. The molecule has 1 aromatic heterocycles. The molecule has 0 amide bonds. The second kappa shape index (κ2) is 5.23. The van der Waals surface area contributed by atoms with Crippen LogP contribution in [-0.2, 0) is 6.54 Å². The number of hydrogen-bond donors (Lipinski definition) is 1. The predicted octanol–water partition coefficient (Wildman–Crippen LogP) is 0.806. The monoisotopic (exact) mass is 211 g/mol. The maximum Gasteiger partial charge on any atom is 0.213 e. The molecule has 0 aliphatic carbocycles. The lowest BCUT2D eigenvalue weighted by atomic mass is 10.1. The van der Waals surface area contributed by atoms with Gasteiger partial charge in [-0.05, 0) is 19.4 Å². The highest BCUT2D eigenvalue weighted by Crippen LogP contribution is 2.17. The van der Waals surface area contributed by atoms with E-state index in [0.717, 1.165) is 13.0 Å². The van der Waals surface area contributed by atoms with Gasteiger partial charge in [-0.2, -0.15) is 4.98 Å². The molecular weight excluding hydrogens is 194 g/mol. The maximum absolute atomic E-state index is 9.31. The van der Waals surface area contributed by atoms with Crippen molar-refractivity contribution in [3.05, 3.63) is 12.2 Å². The van der Waals surface area contributed by atoms with Gasteiger partial charge in [-0.15, -0.1) is 0 Å². The Morgan fingerprint density at radius 3 is 3.13 bits per heavy atom. The first-order valence-corrected chi connectivity index (χ1v) is 5.50. The second-order valence-electron chi connectivity index (χ2n) is 4.00. The normalized spacial score (nSPS) is 23.9. The molecule has 0 aromatic carbocycles. The fraction of sp³-hybridized carbons (Fsp3) is 0.800. The number of nitrogens with zero attached hydrogens (tertiary/aromatic N) is 3. The summed E-state index contributed by atoms with van der Waals surface area (Å²) in [5.74, 6) is 0.704. The zero-order chi connectivity index (χ0) is 10.5. The van der Waals surface area contributed by atoms with Crippen molar-refractivity contribution in [3.63, 3.8) is 0 Å². The third-order valence-corrected chi connectivity index (χ3v) is 2.96. The maximum atomic E-state index is 9.31. The molecule has 2 rings (SSSR count). The van der Waals surface area contributed by atoms with Crippen LogP contribution in [0.15, 0.2) is 10.9 Å². The van der Waals surface area contributed by atoms with Gasteiger partial charge in [0.05, 0.1) is 13.2 Å².